The number of nitrogens with one attached hydrogen (secondary N) is 2. The van der Waals surface area contributed by atoms with E-state index in [1.807, 2.05) is 12.1 Å². The predicted octanol–water partition coefficient (Wildman–Crippen LogP) is 5.17. The Morgan fingerprint density at radius 2 is 1.71 bits per heavy atom. The molecule has 128 valence electrons. The maximum Gasteiger partial charge on any atom is 0.171 e. The highest BCUT2D eigenvalue weighted by Crippen LogP contribution is 2.26. The van der Waals surface area contributed by atoms with E-state index < -0.39 is 0 Å². The number of anilines is 1. The van der Waals surface area contributed by atoms with Crippen molar-refractivity contribution in [3.63, 3.8) is 0 Å². The summed E-state index contributed by atoms with van der Waals surface area (Å²) in [5, 5.41) is 7.16. The van der Waals surface area contributed by atoms with E-state index >= 15 is 0 Å². The van der Waals surface area contributed by atoms with Crippen LogP contribution in [0.25, 0.3) is 0 Å². The number of hydrogen-bond donors (Lipinski definition) is 2. The highest BCUT2D eigenvalue weighted by Gasteiger charge is 2.13. The summed E-state index contributed by atoms with van der Waals surface area (Å²) in [6.45, 7) is 8.52. The molecule has 0 radical (unpaired) electrons. The minimum atomic E-state index is 0.0507. The first kappa shape index (κ1) is 18.3. The van der Waals surface area contributed by atoms with Gasteiger partial charge in [0.15, 0.2) is 5.11 Å². The molecule has 0 aliphatic carbocycles. The number of methoxy groups -OCH3 is 1. The Bertz CT molecular complexity index is 695. The van der Waals surface area contributed by atoms with E-state index in [2.05, 4.69) is 68.7 Å². The monoisotopic (exact) mass is 342 g/mol. The fourth-order valence-electron chi connectivity index (χ4n) is 2.59. The fraction of sp³-hybridized carbons (Fsp3) is 0.350. The molecule has 2 rings (SSSR count). The molecule has 4 heteroatoms. The van der Waals surface area contributed by atoms with Crippen LogP contribution in [0.4, 0.5) is 5.69 Å². The zero-order valence-electron chi connectivity index (χ0n) is 15.0. The molecule has 2 N–H and O–H groups in total. The maximum atomic E-state index is 5.45. The van der Waals surface area contributed by atoms with Gasteiger partial charge in [0.2, 0.25) is 0 Å². The first-order valence-electron chi connectivity index (χ1n) is 8.22. The Morgan fingerprint density at radius 3 is 2.29 bits per heavy atom. The van der Waals surface area contributed by atoms with Crippen molar-refractivity contribution in [2.45, 2.75) is 39.7 Å². The second-order valence-electron chi connectivity index (χ2n) is 6.34. The molecule has 0 spiro atoms. The van der Waals surface area contributed by atoms with E-state index in [-0.39, 0.29) is 6.04 Å². The number of rotatable bonds is 5. The van der Waals surface area contributed by atoms with Gasteiger partial charge in [-0.05, 0) is 55.7 Å². The second kappa shape index (κ2) is 8.15. The summed E-state index contributed by atoms with van der Waals surface area (Å²) >= 11 is 5.45. The van der Waals surface area contributed by atoms with E-state index in [4.69, 9.17) is 17.0 Å². The zero-order valence-corrected chi connectivity index (χ0v) is 15.8. The molecule has 2 aromatic carbocycles. The summed E-state index contributed by atoms with van der Waals surface area (Å²) in [4.78, 5) is 0. The van der Waals surface area contributed by atoms with E-state index in [1.165, 1.54) is 11.1 Å². The standard InChI is InChI=1S/C20H26N2OS/c1-13(2)16-7-9-17(10-8-16)22-20(24)21-15(4)18-12-14(3)6-11-19(18)23-5/h6-13,15H,1-5H3,(H2,21,22,24)/t15-/m0/s1. The molecule has 2 aromatic rings. The molecule has 0 saturated heterocycles. The Labute approximate surface area is 150 Å². The zero-order chi connectivity index (χ0) is 17.7. The van der Waals surface area contributed by atoms with Gasteiger partial charge in [0.05, 0.1) is 13.2 Å². The van der Waals surface area contributed by atoms with Crippen molar-refractivity contribution in [2.75, 3.05) is 12.4 Å². The third kappa shape index (κ3) is 4.71. The van der Waals surface area contributed by atoms with Crippen LogP contribution in [0.5, 0.6) is 5.75 Å². The summed E-state index contributed by atoms with van der Waals surface area (Å²) in [5.41, 5.74) is 4.59. The highest BCUT2D eigenvalue weighted by molar-refractivity contribution is 7.80. The molecule has 0 saturated carbocycles. The maximum absolute atomic E-state index is 5.45. The van der Waals surface area contributed by atoms with Crippen molar-refractivity contribution in [1.29, 1.82) is 0 Å². The van der Waals surface area contributed by atoms with Gasteiger partial charge in [0, 0.05) is 11.3 Å². The van der Waals surface area contributed by atoms with E-state index in [9.17, 15) is 0 Å². The van der Waals surface area contributed by atoms with Crippen LogP contribution in [0.2, 0.25) is 0 Å². The van der Waals surface area contributed by atoms with Crippen LogP contribution >= 0.6 is 12.2 Å². The lowest BCUT2D eigenvalue weighted by molar-refractivity contribution is 0.405. The quantitative estimate of drug-likeness (QED) is 0.734. The fourth-order valence-corrected chi connectivity index (χ4v) is 2.88. The Balaban J connectivity index is 2.02. The van der Waals surface area contributed by atoms with Crippen LogP contribution in [-0.4, -0.2) is 12.2 Å². The summed E-state index contributed by atoms with van der Waals surface area (Å²) < 4.78 is 5.45. The van der Waals surface area contributed by atoms with Crippen LogP contribution in [0.1, 0.15) is 49.4 Å². The third-order valence-electron chi connectivity index (χ3n) is 4.03. The van der Waals surface area contributed by atoms with Crippen LogP contribution < -0.4 is 15.4 Å². The number of aryl methyl sites for hydroxylation is 1. The van der Waals surface area contributed by atoms with Gasteiger partial charge in [0.25, 0.3) is 0 Å². The molecule has 0 aliphatic rings. The molecule has 1 atom stereocenters. The van der Waals surface area contributed by atoms with Gasteiger partial charge in [-0.15, -0.1) is 0 Å². The molecule has 0 unspecified atom stereocenters. The van der Waals surface area contributed by atoms with E-state index in [1.54, 1.807) is 7.11 Å². The van der Waals surface area contributed by atoms with Gasteiger partial charge in [-0.25, -0.2) is 0 Å². The first-order chi connectivity index (χ1) is 11.4. The number of benzene rings is 2. The van der Waals surface area contributed by atoms with Crippen molar-refractivity contribution in [2.24, 2.45) is 0 Å². The molecule has 0 aliphatic heterocycles. The molecular formula is C20H26N2OS. The molecular weight excluding hydrogens is 316 g/mol. The molecule has 0 aromatic heterocycles. The topological polar surface area (TPSA) is 33.3 Å². The van der Waals surface area contributed by atoms with Gasteiger partial charge in [-0.1, -0.05) is 43.7 Å². The number of hydrogen-bond acceptors (Lipinski definition) is 2. The SMILES string of the molecule is COc1ccc(C)cc1[C@H](C)NC(=S)Nc1ccc(C(C)C)cc1. The molecule has 0 heterocycles. The third-order valence-corrected chi connectivity index (χ3v) is 4.25. The van der Waals surface area contributed by atoms with Crippen LogP contribution in [0.15, 0.2) is 42.5 Å². The van der Waals surface area contributed by atoms with Crippen molar-refractivity contribution in [1.82, 2.24) is 5.32 Å². The molecule has 0 amide bonds. The first-order valence-corrected chi connectivity index (χ1v) is 8.63. The van der Waals surface area contributed by atoms with E-state index in [0.717, 1.165) is 17.0 Å². The normalized spacial score (nSPS) is 11.9. The Morgan fingerprint density at radius 1 is 1.04 bits per heavy atom. The number of thiocarbonyl (C=S) groups is 1. The minimum absolute atomic E-state index is 0.0507. The van der Waals surface area contributed by atoms with Crippen molar-refractivity contribution in [3.8, 4) is 5.75 Å². The molecule has 24 heavy (non-hydrogen) atoms. The average molecular weight is 343 g/mol. The van der Waals surface area contributed by atoms with Gasteiger partial charge in [0.1, 0.15) is 5.75 Å². The van der Waals surface area contributed by atoms with Crippen LogP contribution in [0.3, 0.4) is 0 Å². The Hall–Kier alpha value is -2.07. The van der Waals surface area contributed by atoms with Crippen molar-refractivity contribution in [3.05, 3.63) is 59.2 Å². The second-order valence-corrected chi connectivity index (χ2v) is 6.75. The smallest absolute Gasteiger partial charge is 0.171 e. The summed E-state index contributed by atoms with van der Waals surface area (Å²) in [6, 6.07) is 14.6. The Kier molecular flexibility index (Phi) is 6.21. The van der Waals surface area contributed by atoms with Gasteiger partial charge >= 0.3 is 0 Å². The minimum Gasteiger partial charge on any atom is -0.496 e. The molecule has 0 fully saturated rings. The van der Waals surface area contributed by atoms with E-state index in [0.29, 0.717) is 11.0 Å². The largest absolute Gasteiger partial charge is 0.496 e. The van der Waals surface area contributed by atoms with Gasteiger partial charge in [-0.3, -0.25) is 0 Å². The lowest BCUT2D eigenvalue weighted by atomic mass is 10.0. The highest BCUT2D eigenvalue weighted by atomic mass is 32.1. The number of ether oxygens (including phenoxy) is 1. The lowest BCUT2D eigenvalue weighted by Gasteiger charge is -2.20. The predicted molar refractivity (Wildman–Crippen MR) is 106 cm³/mol. The van der Waals surface area contributed by atoms with Crippen LogP contribution in [-0.2, 0) is 0 Å². The molecule has 3 nitrogen and oxygen atoms in total. The van der Waals surface area contributed by atoms with Crippen LogP contribution in [0, 0.1) is 6.92 Å². The van der Waals surface area contributed by atoms with Crippen molar-refractivity contribution < 1.29 is 4.74 Å². The summed E-state index contributed by atoms with van der Waals surface area (Å²) in [7, 11) is 1.69. The van der Waals surface area contributed by atoms with Gasteiger partial charge in [-0.2, -0.15) is 0 Å². The lowest BCUT2D eigenvalue weighted by Crippen LogP contribution is -2.31. The molecule has 0 bridgehead atoms. The summed E-state index contributed by atoms with van der Waals surface area (Å²) in [5.74, 6) is 1.39. The average Bonchev–Trinajstić information content (AvgIpc) is 2.55. The summed E-state index contributed by atoms with van der Waals surface area (Å²) in [6.07, 6.45) is 0. The van der Waals surface area contributed by atoms with Crippen molar-refractivity contribution >= 4 is 23.0 Å². The van der Waals surface area contributed by atoms with Gasteiger partial charge < -0.3 is 15.4 Å².